The largest absolute Gasteiger partial charge is 0.493 e. The minimum absolute atomic E-state index is 0.0104. The number of hydrogen-bond acceptors (Lipinski definition) is 4. The summed E-state index contributed by atoms with van der Waals surface area (Å²) in [6.07, 6.45) is 0.428. The molecule has 3 rings (SSSR count). The molecule has 0 bridgehead atoms. The van der Waals surface area contributed by atoms with E-state index in [2.05, 4.69) is 4.90 Å². The molecule has 1 saturated heterocycles. The van der Waals surface area contributed by atoms with Crippen LogP contribution in [0.4, 0.5) is 0 Å². The second-order valence-corrected chi connectivity index (χ2v) is 6.52. The molecule has 2 heterocycles. The number of aliphatic hydroxyl groups is 1. The fourth-order valence-electron chi connectivity index (χ4n) is 3.95. The summed E-state index contributed by atoms with van der Waals surface area (Å²) in [6.45, 7) is -3.93. The first-order valence-corrected chi connectivity index (χ1v) is 8.12. The first kappa shape index (κ1) is 10.6. The first-order chi connectivity index (χ1) is 13.5. The molecule has 0 unspecified atom stereocenters. The molecule has 0 spiro atoms. The van der Waals surface area contributed by atoms with Crippen LogP contribution in [0, 0.1) is 11.8 Å². The van der Waals surface area contributed by atoms with Gasteiger partial charge in [0.05, 0.1) is 20.3 Å². The molecule has 1 N–H and O–H groups in total. The molecule has 1 aromatic carbocycles. The summed E-state index contributed by atoms with van der Waals surface area (Å²) < 4.78 is 56.7. The lowest BCUT2D eigenvalue weighted by molar-refractivity contribution is -0.0191. The number of rotatable bonds is 4. The summed E-state index contributed by atoms with van der Waals surface area (Å²) in [5.74, 6) is -0.520. The molecule has 1 fully saturated rings. The lowest BCUT2D eigenvalue weighted by atomic mass is 9.79. The Bertz CT molecular complexity index is 722. The zero-order chi connectivity index (χ0) is 21.6. The maximum Gasteiger partial charge on any atom is 0.161 e. The number of fused-ring (bicyclic) bond motifs is 3. The van der Waals surface area contributed by atoms with Crippen molar-refractivity contribution in [1.29, 1.82) is 0 Å². The van der Waals surface area contributed by atoms with Crippen LogP contribution in [-0.4, -0.2) is 43.4 Å². The molecule has 0 amide bonds. The van der Waals surface area contributed by atoms with Gasteiger partial charge in [0.25, 0.3) is 0 Å². The van der Waals surface area contributed by atoms with Crippen molar-refractivity contribution in [3.8, 4) is 11.5 Å². The second-order valence-electron chi connectivity index (χ2n) is 6.52. The van der Waals surface area contributed by atoms with Crippen molar-refractivity contribution in [2.24, 2.45) is 11.8 Å². The molecule has 1 aromatic rings. The van der Waals surface area contributed by atoms with Crippen molar-refractivity contribution in [2.45, 2.75) is 45.1 Å². The van der Waals surface area contributed by atoms with Gasteiger partial charge in [-0.15, -0.1) is 0 Å². The van der Waals surface area contributed by atoms with Crippen LogP contribution in [0.1, 0.15) is 51.9 Å². The van der Waals surface area contributed by atoms with E-state index in [0.717, 1.165) is 24.1 Å². The quantitative estimate of drug-likeness (QED) is 0.924. The second kappa shape index (κ2) is 6.70. The summed E-state index contributed by atoms with van der Waals surface area (Å²) >= 11 is 0. The van der Waals surface area contributed by atoms with Crippen molar-refractivity contribution >= 4 is 0 Å². The van der Waals surface area contributed by atoms with Gasteiger partial charge in [0.15, 0.2) is 11.5 Å². The van der Waals surface area contributed by atoms with E-state index >= 15 is 0 Å². The number of methoxy groups -OCH3 is 2. The van der Waals surface area contributed by atoms with E-state index in [-0.39, 0.29) is 12.5 Å². The fourth-order valence-corrected chi connectivity index (χ4v) is 3.95. The molecular weight excluding hydrogens is 290 g/mol. The average molecular weight is 325 g/mol. The third kappa shape index (κ3) is 3.20. The number of aliphatic hydroxyl groups excluding tert-OH is 1. The Morgan fingerprint density at radius 3 is 2.74 bits per heavy atom. The van der Waals surface area contributed by atoms with E-state index in [9.17, 15) is 5.11 Å². The van der Waals surface area contributed by atoms with Gasteiger partial charge in [0.1, 0.15) is 0 Å². The predicted octanol–water partition coefficient (Wildman–Crippen LogP) is 3.03. The normalized spacial score (nSPS) is 32.4. The van der Waals surface area contributed by atoms with Crippen molar-refractivity contribution in [3.05, 3.63) is 23.3 Å². The first-order valence-electron chi connectivity index (χ1n) is 11.1. The third-order valence-electron chi connectivity index (χ3n) is 5.13. The summed E-state index contributed by atoms with van der Waals surface area (Å²) in [6, 6.07) is 3.92. The number of piperidine rings is 1. The monoisotopic (exact) mass is 325 g/mol. The molecule has 2 aliphatic heterocycles. The highest BCUT2D eigenvalue weighted by Gasteiger charge is 2.38. The molecule has 3 atom stereocenters. The smallest absolute Gasteiger partial charge is 0.161 e. The predicted molar refractivity (Wildman–Crippen MR) is 91.1 cm³/mol. The topological polar surface area (TPSA) is 41.9 Å². The van der Waals surface area contributed by atoms with Gasteiger partial charge in [-0.05, 0) is 54.4 Å². The van der Waals surface area contributed by atoms with Crippen LogP contribution in [0.3, 0.4) is 0 Å². The maximum atomic E-state index is 10.8. The highest BCUT2D eigenvalue weighted by Crippen LogP contribution is 2.43. The Kier molecular flexibility index (Phi) is 3.08. The Morgan fingerprint density at radius 1 is 1.30 bits per heavy atom. The Balaban J connectivity index is 1.82. The van der Waals surface area contributed by atoms with Crippen LogP contribution >= 0.6 is 0 Å². The summed E-state index contributed by atoms with van der Waals surface area (Å²) in [7, 11) is 3.18. The van der Waals surface area contributed by atoms with E-state index in [0.29, 0.717) is 24.5 Å². The Morgan fingerprint density at radius 2 is 2.04 bits per heavy atom. The van der Waals surface area contributed by atoms with Crippen LogP contribution in [-0.2, 0) is 6.42 Å². The van der Waals surface area contributed by atoms with Crippen molar-refractivity contribution in [1.82, 2.24) is 4.90 Å². The number of benzene rings is 1. The van der Waals surface area contributed by atoms with Crippen molar-refractivity contribution in [3.63, 3.8) is 0 Å². The molecular formula is C19H29NO3. The molecule has 0 aromatic heterocycles. The van der Waals surface area contributed by atoms with Gasteiger partial charge in [0, 0.05) is 27.4 Å². The van der Waals surface area contributed by atoms with Gasteiger partial charge in [-0.2, -0.15) is 0 Å². The lowest BCUT2D eigenvalue weighted by Gasteiger charge is -2.46. The SMILES string of the molecule is [2H]C([2H])([2H])C(C[C@H]1CN2CCc3cc(OC)c(OC)cc3[C@@H]2C[C@H]1O)C([2H])([2H])[2H]. The number of hydrogen-bond donors (Lipinski definition) is 1. The molecule has 0 radical (unpaired) electrons. The van der Waals surface area contributed by atoms with Crippen LogP contribution in [0.15, 0.2) is 12.1 Å². The molecule has 128 valence electrons. The van der Waals surface area contributed by atoms with Gasteiger partial charge in [-0.3, -0.25) is 4.90 Å². The third-order valence-corrected chi connectivity index (χ3v) is 5.13. The Hall–Kier alpha value is -1.26. The summed E-state index contributed by atoms with van der Waals surface area (Å²) in [5, 5.41) is 10.8. The van der Waals surface area contributed by atoms with E-state index in [4.69, 9.17) is 17.7 Å². The van der Waals surface area contributed by atoms with Crippen LogP contribution in [0.25, 0.3) is 0 Å². The molecule has 4 heteroatoms. The molecule has 0 saturated carbocycles. The molecule has 4 nitrogen and oxygen atoms in total. The van der Waals surface area contributed by atoms with Crippen LogP contribution in [0.5, 0.6) is 11.5 Å². The van der Waals surface area contributed by atoms with E-state index < -0.39 is 31.6 Å². The zero-order valence-electron chi connectivity index (χ0n) is 19.7. The highest BCUT2D eigenvalue weighted by atomic mass is 16.5. The van der Waals surface area contributed by atoms with E-state index in [1.165, 1.54) is 0 Å². The van der Waals surface area contributed by atoms with Gasteiger partial charge < -0.3 is 14.6 Å². The van der Waals surface area contributed by atoms with E-state index in [1.807, 2.05) is 12.1 Å². The van der Waals surface area contributed by atoms with Crippen molar-refractivity contribution in [2.75, 3.05) is 27.3 Å². The zero-order valence-corrected chi connectivity index (χ0v) is 13.7. The van der Waals surface area contributed by atoms with Crippen molar-refractivity contribution < 1.29 is 22.8 Å². The van der Waals surface area contributed by atoms with Gasteiger partial charge in [-0.25, -0.2) is 0 Å². The molecule has 0 aliphatic carbocycles. The minimum Gasteiger partial charge on any atom is -0.493 e. The summed E-state index contributed by atoms with van der Waals surface area (Å²) in [4.78, 5) is 2.22. The maximum absolute atomic E-state index is 10.8. The molecule has 2 aliphatic rings. The fraction of sp³-hybridized carbons (Fsp3) is 0.684. The van der Waals surface area contributed by atoms with Gasteiger partial charge >= 0.3 is 0 Å². The lowest BCUT2D eigenvalue weighted by Crippen LogP contribution is -2.48. The molecule has 23 heavy (non-hydrogen) atoms. The standard InChI is InChI=1S/C19H29NO3/c1-12(2)7-14-11-20-6-5-13-8-18(22-3)19(23-4)9-15(13)16(20)10-17(14)21/h8-9,12,14,16-17,21H,5-7,10-11H2,1-4H3/t14-,16-,17+/m0/s1/i1D3,2D3. The Labute approximate surface area is 147 Å². The highest BCUT2D eigenvalue weighted by molar-refractivity contribution is 5.49. The summed E-state index contributed by atoms with van der Waals surface area (Å²) in [5.41, 5.74) is 2.23. The van der Waals surface area contributed by atoms with Crippen LogP contribution < -0.4 is 9.47 Å². The van der Waals surface area contributed by atoms with Crippen LogP contribution in [0.2, 0.25) is 0 Å². The number of ether oxygens (including phenoxy) is 2. The van der Waals surface area contributed by atoms with E-state index in [1.54, 1.807) is 14.2 Å². The van der Waals surface area contributed by atoms with Gasteiger partial charge in [0.2, 0.25) is 0 Å². The average Bonchev–Trinajstić information content (AvgIpc) is 2.63. The number of nitrogens with zero attached hydrogens (tertiary/aromatic N) is 1. The van der Waals surface area contributed by atoms with Gasteiger partial charge in [-0.1, -0.05) is 13.7 Å². The minimum atomic E-state index is -2.58.